The number of benzene rings is 1. The number of phenols is 1. The minimum atomic E-state index is -0.601. The number of hydrogen-bond acceptors (Lipinski definition) is 3. The van der Waals surface area contributed by atoms with E-state index in [2.05, 4.69) is 21.2 Å². The van der Waals surface area contributed by atoms with Crippen LogP contribution in [0.2, 0.25) is 0 Å². The number of aliphatic hydroxyl groups is 1. The van der Waals surface area contributed by atoms with Crippen molar-refractivity contribution in [3.63, 3.8) is 0 Å². The van der Waals surface area contributed by atoms with Crippen LogP contribution in [0.15, 0.2) is 22.7 Å². The summed E-state index contributed by atoms with van der Waals surface area (Å²) in [7, 11) is 0. The topological polar surface area (TPSA) is 52.5 Å². The molecule has 1 aromatic rings. The van der Waals surface area contributed by atoms with E-state index in [0.29, 0.717) is 24.0 Å². The van der Waals surface area contributed by atoms with E-state index in [-0.39, 0.29) is 5.75 Å². The molecule has 76 valence electrons. The Morgan fingerprint density at radius 3 is 2.64 bits per heavy atom. The molecular weight excluding hydrogens is 246 g/mol. The molecule has 0 aromatic heterocycles. The van der Waals surface area contributed by atoms with Crippen molar-refractivity contribution in [2.24, 2.45) is 0 Å². The molecule has 1 saturated heterocycles. The predicted molar refractivity (Wildman–Crippen MR) is 57.3 cm³/mol. The zero-order chi connectivity index (χ0) is 10.2. The average molecular weight is 258 g/mol. The molecule has 14 heavy (non-hydrogen) atoms. The van der Waals surface area contributed by atoms with Crippen LogP contribution in [0.1, 0.15) is 5.56 Å². The number of rotatable bonds is 2. The molecule has 0 atom stereocenters. The van der Waals surface area contributed by atoms with Gasteiger partial charge in [-0.25, -0.2) is 0 Å². The van der Waals surface area contributed by atoms with Crippen LogP contribution in [0.3, 0.4) is 0 Å². The summed E-state index contributed by atoms with van der Waals surface area (Å²) in [5.41, 5.74) is 0.426. The van der Waals surface area contributed by atoms with Gasteiger partial charge in [0.1, 0.15) is 5.75 Å². The molecule has 4 heteroatoms. The molecular formula is C10H12BrNO2. The fourth-order valence-electron chi connectivity index (χ4n) is 1.58. The van der Waals surface area contributed by atoms with E-state index in [1.54, 1.807) is 6.07 Å². The standard InChI is InChI=1S/C10H12BrNO2/c11-8-3-7(1-2-9(8)13)4-10(14)5-12-6-10/h1-3,12-14H,4-6H2. The normalized spacial score (nSPS) is 19.0. The molecule has 1 aliphatic rings. The minimum Gasteiger partial charge on any atom is -0.507 e. The summed E-state index contributed by atoms with van der Waals surface area (Å²) in [5, 5.41) is 22.2. The Hall–Kier alpha value is -0.580. The van der Waals surface area contributed by atoms with Crippen molar-refractivity contribution in [3.05, 3.63) is 28.2 Å². The zero-order valence-corrected chi connectivity index (χ0v) is 9.21. The van der Waals surface area contributed by atoms with Crippen molar-refractivity contribution in [2.45, 2.75) is 12.0 Å². The van der Waals surface area contributed by atoms with Crippen LogP contribution in [0.25, 0.3) is 0 Å². The molecule has 2 rings (SSSR count). The number of halogens is 1. The van der Waals surface area contributed by atoms with Crippen LogP contribution < -0.4 is 5.32 Å². The molecule has 0 amide bonds. The van der Waals surface area contributed by atoms with E-state index >= 15 is 0 Å². The van der Waals surface area contributed by atoms with Gasteiger partial charge in [-0.15, -0.1) is 0 Å². The largest absolute Gasteiger partial charge is 0.507 e. The average Bonchev–Trinajstić information content (AvgIpc) is 2.09. The molecule has 0 radical (unpaired) electrons. The SMILES string of the molecule is Oc1ccc(CC2(O)CNC2)cc1Br. The summed E-state index contributed by atoms with van der Waals surface area (Å²) in [6, 6.07) is 5.30. The lowest BCUT2D eigenvalue weighted by atomic mass is 9.89. The molecule has 0 bridgehead atoms. The molecule has 0 unspecified atom stereocenters. The van der Waals surface area contributed by atoms with E-state index in [0.717, 1.165) is 5.56 Å². The predicted octanol–water partition coefficient (Wildman–Crippen LogP) is 1.03. The van der Waals surface area contributed by atoms with Crippen molar-refractivity contribution in [1.29, 1.82) is 0 Å². The van der Waals surface area contributed by atoms with Crippen LogP contribution in [-0.4, -0.2) is 28.9 Å². The Balaban J connectivity index is 2.13. The number of nitrogens with one attached hydrogen (secondary N) is 1. The van der Waals surface area contributed by atoms with Crippen molar-refractivity contribution in [1.82, 2.24) is 5.32 Å². The first-order chi connectivity index (χ1) is 6.59. The molecule has 1 aliphatic heterocycles. The summed E-state index contributed by atoms with van der Waals surface area (Å²) in [6.07, 6.45) is 0.624. The molecule has 0 saturated carbocycles. The molecule has 1 heterocycles. The summed E-state index contributed by atoms with van der Waals surface area (Å²) in [6.45, 7) is 1.29. The lowest BCUT2D eigenvalue weighted by Crippen LogP contribution is -2.60. The van der Waals surface area contributed by atoms with Gasteiger partial charge in [0.05, 0.1) is 10.1 Å². The number of β-amino-alcohol motifs (C(OH)–C–C–N with tert-alkyl or cyclic N) is 1. The smallest absolute Gasteiger partial charge is 0.129 e. The van der Waals surface area contributed by atoms with Crippen LogP contribution in [-0.2, 0) is 6.42 Å². The molecule has 0 spiro atoms. The Kier molecular flexibility index (Phi) is 2.51. The summed E-state index contributed by atoms with van der Waals surface area (Å²) in [5.74, 6) is 0.229. The van der Waals surface area contributed by atoms with E-state index in [9.17, 15) is 10.2 Å². The summed E-state index contributed by atoms with van der Waals surface area (Å²) in [4.78, 5) is 0. The maximum absolute atomic E-state index is 9.88. The van der Waals surface area contributed by atoms with Crippen molar-refractivity contribution >= 4 is 15.9 Å². The van der Waals surface area contributed by atoms with Gasteiger partial charge in [-0.05, 0) is 33.6 Å². The third kappa shape index (κ3) is 1.92. The maximum atomic E-state index is 9.88. The second kappa shape index (κ2) is 3.53. The van der Waals surface area contributed by atoms with Gasteiger partial charge >= 0.3 is 0 Å². The lowest BCUT2D eigenvalue weighted by Gasteiger charge is -2.37. The van der Waals surface area contributed by atoms with Crippen LogP contribution in [0.4, 0.5) is 0 Å². The fourth-order valence-corrected chi connectivity index (χ4v) is 2.01. The highest BCUT2D eigenvalue weighted by Gasteiger charge is 2.34. The van der Waals surface area contributed by atoms with E-state index in [1.165, 1.54) is 0 Å². The first-order valence-corrected chi connectivity index (χ1v) is 5.29. The van der Waals surface area contributed by atoms with Gasteiger partial charge in [0.15, 0.2) is 0 Å². The minimum absolute atomic E-state index is 0.229. The molecule has 1 aromatic carbocycles. The highest BCUT2D eigenvalue weighted by Crippen LogP contribution is 2.26. The van der Waals surface area contributed by atoms with Gasteiger partial charge in [-0.1, -0.05) is 6.07 Å². The monoisotopic (exact) mass is 257 g/mol. The summed E-state index contributed by atoms with van der Waals surface area (Å²) >= 11 is 3.25. The fraction of sp³-hybridized carbons (Fsp3) is 0.400. The van der Waals surface area contributed by atoms with Gasteiger partial charge in [0.25, 0.3) is 0 Å². The number of phenolic OH excluding ortho intramolecular Hbond substituents is 1. The van der Waals surface area contributed by atoms with Gasteiger partial charge in [0, 0.05) is 19.5 Å². The maximum Gasteiger partial charge on any atom is 0.129 e. The Labute approximate surface area is 90.9 Å². The first kappa shape index (κ1) is 9.96. The quantitative estimate of drug-likeness (QED) is 0.742. The van der Waals surface area contributed by atoms with Gasteiger partial charge in [-0.2, -0.15) is 0 Å². The van der Waals surface area contributed by atoms with E-state index in [1.807, 2.05) is 12.1 Å². The van der Waals surface area contributed by atoms with Crippen molar-refractivity contribution in [2.75, 3.05) is 13.1 Å². The van der Waals surface area contributed by atoms with Gasteiger partial charge in [-0.3, -0.25) is 0 Å². The summed E-state index contributed by atoms with van der Waals surface area (Å²) < 4.78 is 0.672. The van der Waals surface area contributed by atoms with Crippen molar-refractivity contribution in [3.8, 4) is 5.75 Å². The highest BCUT2D eigenvalue weighted by atomic mass is 79.9. The van der Waals surface area contributed by atoms with Gasteiger partial charge < -0.3 is 15.5 Å². The van der Waals surface area contributed by atoms with Crippen LogP contribution >= 0.6 is 15.9 Å². The third-order valence-electron chi connectivity index (χ3n) is 2.45. The van der Waals surface area contributed by atoms with Crippen LogP contribution in [0, 0.1) is 0 Å². The van der Waals surface area contributed by atoms with E-state index in [4.69, 9.17) is 0 Å². The van der Waals surface area contributed by atoms with Crippen molar-refractivity contribution < 1.29 is 10.2 Å². The lowest BCUT2D eigenvalue weighted by molar-refractivity contribution is -0.00904. The number of aromatic hydroxyl groups is 1. The molecule has 3 N–H and O–H groups in total. The van der Waals surface area contributed by atoms with Gasteiger partial charge in [0.2, 0.25) is 0 Å². The second-order valence-electron chi connectivity index (χ2n) is 3.79. The second-order valence-corrected chi connectivity index (χ2v) is 4.64. The zero-order valence-electron chi connectivity index (χ0n) is 7.63. The third-order valence-corrected chi connectivity index (χ3v) is 3.09. The number of hydrogen-bond donors (Lipinski definition) is 3. The Bertz CT molecular complexity index is 350. The van der Waals surface area contributed by atoms with E-state index < -0.39 is 5.60 Å². The Morgan fingerprint density at radius 2 is 2.14 bits per heavy atom. The molecule has 3 nitrogen and oxygen atoms in total. The molecule has 0 aliphatic carbocycles. The molecule has 1 fully saturated rings. The first-order valence-electron chi connectivity index (χ1n) is 4.50. The highest BCUT2D eigenvalue weighted by molar-refractivity contribution is 9.10. The van der Waals surface area contributed by atoms with Crippen LogP contribution in [0.5, 0.6) is 5.75 Å². The Morgan fingerprint density at radius 1 is 1.43 bits per heavy atom.